The van der Waals surface area contributed by atoms with Crippen LogP contribution in [-0.2, 0) is 0 Å². The van der Waals surface area contributed by atoms with Crippen LogP contribution in [0.25, 0.3) is 0 Å². The van der Waals surface area contributed by atoms with Crippen molar-refractivity contribution in [3.05, 3.63) is 28.2 Å². The molecular formula is C10H14BrN3O. The predicted molar refractivity (Wildman–Crippen MR) is 65.5 cm³/mol. The van der Waals surface area contributed by atoms with Crippen LogP contribution in [0.5, 0.6) is 0 Å². The Labute approximate surface area is 97.3 Å². The second-order valence-corrected chi connectivity index (χ2v) is 4.14. The minimum atomic E-state index is 0.0242. The average Bonchev–Trinajstić information content (AvgIpc) is 2.17. The molecule has 0 amide bonds. The van der Waals surface area contributed by atoms with Crippen molar-refractivity contribution in [2.75, 3.05) is 25.1 Å². The summed E-state index contributed by atoms with van der Waals surface area (Å²) in [6.07, 6.45) is 0. The molecule has 0 atom stereocenters. The van der Waals surface area contributed by atoms with Crippen LogP contribution in [0.4, 0.5) is 5.69 Å². The third-order valence-corrected chi connectivity index (χ3v) is 2.59. The first-order chi connectivity index (χ1) is 7.06. The van der Waals surface area contributed by atoms with Crippen molar-refractivity contribution in [1.29, 1.82) is 5.41 Å². The molecular weight excluding hydrogens is 258 g/mol. The van der Waals surface area contributed by atoms with Crippen molar-refractivity contribution in [3.8, 4) is 0 Å². The summed E-state index contributed by atoms with van der Waals surface area (Å²) in [5.74, 6) is 0.0242. The topological polar surface area (TPSA) is 73.3 Å². The summed E-state index contributed by atoms with van der Waals surface area (Å²) in [6.45, 7) is 0.589. The Balaban J connectivity index is 3.10. The zero-order chi connectivity index (χ0) is 11.4. The van der Waals surface area contributed by atoms with Gasteiger partial charge in [-0.05, 0) is 18.2 Å². The second-order valence-electron chi connectivity index (χ2n) is 3.22. The first-order valence-corrected chi connectivity index (χ1v) is 5.31. The lowest BCUT2D eigenvalue weighted by Gasteiger charge is -2.21. The minimum absolute atomic E-state index is 0.0242. The molecule has 0 aliphatic carbocycles. The highest BCUT2D eigenvalue weighted by Gasteiger charge is 2.09. The fraction of sp³-hybridized carbons (Fsp3) is 0.300. The Kier molecular flexibility index (Phi) is 4.11. The Morgan fingerprint density at radius 1 is 1.60 bits per heavy atom. The second kappa shape index (κ2) is 5.14. The molecule has 0 saturated carbocycles. The van der Waals surface area contributed by atoms with Gasteiger partial charge in [-0.3, -0.25) is 5.41 Å². The van der Waals surface area contributed by atoms with Crippen LogP contribution in [0.3, 0.4) is 0 Å². The summed E-state index contributed by atoms with van der Waals surface area (Å²) in [6, 6.07) is 5.55. The number of nitrogen functional groups attached to an aromatic ring is 1. The normalized spacial score (nSPS) is 10.1. The summed E-state index contributed by atoms with van der Waals surface area (Å²) in [5.41, 5.74) is 7.00. The standard InChI is InChI=1S/C10H14BrN3O/c1-14(4-5-15)9-3-2-7(11)6-8(9)10(12)13/h2-3,6,15H,4-5H2,1H3,(H3,12,13). The smallest absolute Gasteiger partial charge is 0.124 e. The number of aliphatic hydroxyl groups is 1. The van der Waals surface area contributed by atoms with Crippen molar-refractivity contribution in [3.63, 3.8) is 0 Å². The van der Waals surface area contributed by atoms with E-state index in [1.54, 1.807) is 6.07 Å². The molecule has 0 unspecified atom stereocenters. The molecule has 5 heteroatoms. The fourth-order valence-corrected chi connectivity index (χ4v) is 1.69. The van der Waals surface area contributed by atoms with Gasteiger partial charge in [-0.15, -0.1) is 0 Å². The van der Waals surface area contributed by atoms with Crippen LogP contribution in [-0.4, -0.2) is 31.1 Å². The summed E-state index contributed by atoms with van der Waals surface area (Å²) in [7, 11) is 1.85. The zero-order valence-corrected chi connectivity index (χ0v) is 10.1. The molecule has 4 nitrogen and oxygen atoms in total. The van der Waals surface area contributed by atoms with Gasteiger partial charge in [0.1, 0.15) is 5.84 Å². The Bertz CT molecular complexity index is 368. The van der Waals surface area contributed by atoms with Gasteiger partial charge >= 0.3 is 0 Å². The maximum absolute atomic E-state index is 8.85. The van der Waals surface area contributed by atoms with E-state index in [1.807, 2.05) is 24.1 Å². The van der Waals surface area contributed by atoms with Gasteiger partial charge in [-0.2, -0.15) is 0 Å². The molecule has 15 heavy (non-hydrogen) atoms. The third-order valence-electron chi connectivity index (χ3n) is 2.10. The number of hydrogen-bond donors (Lipinski definition) is 3. The molecule has 0 aromatic heterocycles. The molecule has 82 valence electrons. The van der Waals surface area contributed by atoms with E-state index in [9.17, 15) is 0 Å². The lowest BCUT2D eigenvalue weighted by atomic mass is 10.1. The summed E-state index contributed by atoms with van der Waals surface area (Å²) >= 11 is 3.33. The van der Waals surface area contributed by atoms with Crippen molar-refractivity contribution in [2.45, 2.75) is 0 Å². The lowest BCUT2D eigenvalue weighted by molar-refractivity contribution is 0.304. The molecule has 0 aliphatic heterocycles. The fourth-order valence-electron chi connectivity index (χ4n) is 1.33. The number of hydrogen-bond acceptors (Lipinski definition) is 3. The third kappa shape index (κ3) is 2.94. The minimum Gasteiger partial charge on any atom is -0.395 e. The van der Waals surface area contributed by atoms with E-state index in [4.69, 9.17) is 16.2 Å². The van der Waals surface area contributed by atoms with Gasteiger partial charge < -0.3 is 15.7 Å². The van der Waals surface area contributed by atoms with Crippen LogP contribution in [0.1, 0.15) is 5.56 Å². The van der Waals surface area contributed by atoms with Crippen molar-refractivity contribution in [1.82, 2.24) is 0 Å². The van der Waals surface area contributed by atoms with Crippen LogP contribution in [0.2, 0.25) is 0 Å². The number of halogens is 1. The molecule has 0 aliphatic rings. The first-order valence-electron chi connectivity index (χ1n) is 4.52. The number of nitrogens with two attached hydrogens (primary N) is 1. The molecule has 0 bridgehead atoms. The number of aliphatic hydroxyl groups excluding tert-OH is 1. The molecule has 4 N–H and O–H groups in total. The van der Waals surface area contributed by atoms with Crippen LogP contribution < -0.4 is 10.6 Å². The van der Waals surface area contributed by atoms with Gasteiger partial charge in [0.25, 0.3) is 0 Å². The number of nitrogens with one attached hydrogen (secondary N) is 1. The summed E-state index contributed by atoms with van der Waals surface area (Å²) < 4.78 is 0.883. The molecule has 1 aromatic rings. The monoisotopic (exact) mass is 271 g/mol. The highest BCUT2D eigenvalue weighted by atomic mass is 79.9. The Morgan fingerprint density at radius 2 is 2.27 bits per heavy atom. The number of likely N-dealkylation sites (N-methyl/N-ethyl adjacent to an activating group) is 1. The summed E-state index contributed by atoms with van der Waals surface area (Å²) in [5, 5.41) is 16.3. The van der Waals surface area contributed by atoms with Crippen molar-refractivity contribution < 1.29 is 5.11 Å². The maximum atomic E-state index is 8.85. The van der Waals surface area contributed by atoms with E-state index < -0.39 is 0 Å². The average molecular weight is 272 g/mol. The van der Waals surface area contributed by atoms with Gasteiger partial charge in [0, 0.05) is 29.3 Å². The quantitative estimate of drug-likeness (QED) is 0.569. The predicted octanol–water partition coefficient (Wildman–Crippen LogP) is 1.16. The first kappa shape index (κ1) is 12.0. The van der Waals surface area contributed by atoms with E-state index >= 15 is 0 Å². The van der Waals surface area contributed by atoms with Crippen molar-refractivity contribution >= 4 is 27.5 Å². The number of benzene rings is 1. The van der Waals surface area contributed by atoms with Crippen LogP contribution in [0.15, 0.2) is 22.7 Å². The molecule has 0 saturated heterocycles. The highest BCUT2D eigenvalue weighted by molar-refractivity contribution is 9.10. The maximum Gasteiger partial charge on any atom is 0.124 e. The van der Waals surface area contributed by atoms with Gasteiger partial charge in [0.05, 0.1) is 6.61 Å². The SMILES string of the molecule is CN(CCO)c1ccc(Br)cc1C(=N)N. The zero-order valence-electron chi connectivity index (χ0n) is 8.50. The van der Waals surface area contributed by atoms with E-state index in [2.05, 4.69) is 15.9 Å². The molecule has 0 heterocycles. The molecule has 0 radical (unpaired) electrons. The largest absolute Gasteiger partial charge is 0.395 e. The van der Waals surface area contributed by atoms with E-state index in [0.717, 1.165) is 10.2 Å². The number of anilines is 1. The number of rotatable bonds is 4. The summed E-state index contributed by atoms with van der Waals surface area (Å²) in [4.78, 5) is 1.86. The van der Waals surface area contributed by atoms with Crippen LogP contribution in [0, 0.1) is 5.41 Å². The molecule has 0 spiro atoms. The van der Waals surface area contributed by atoms with E-state index in [-0.39, 0.29) is 12.4 Å². The Hall–Kier alpha value is -1.07. The van der Waals surface area contributed by atoms with Crippen molar-refractivity contribution in [2.24, 2.45) is 5.73 Å². The van der Waals surface area contributed by atoms with Gasteiger partial charge in [-0.25, -0.2) is 0 Å². The molecule has 1 rings (SSSR count). The van der Waals surface area contributed by atoms with Gasteiger partial charge in [-0.1, -0.05) is 15.9 Å². The van der Waals surface area contributed by atoms with E-state index in [0.29, 0.717) is 12.1 Å². The highest BCUT2D eigenvalue weighted by Crippen LogP contribution is 2.23. The van der Waals surface area contributed by atoms with E-state index in [1.165, 1.54) is 0 Å². The molecule has 1 aromatic carbocycles. The van der Waals surface area contributed by atoms with Gasteiger partial charge in [0.15, 0.2) is 0 Å². The lowest BCUT2D eigenvalue weighted by Crippen LogP contribution is -2.25. The van der Waals surface area contributed by atoms with Gasteiger partial charge in [0.2, 0.25) is 0 Å². The molecule has 0 fully saturated rings. The van der Waals surface area contributed by atoms with Crippen LogP contribution >= 0.6 is 15.9 Å². The Morgan fingerprint density at radius 3 is 2.80 bits per heavy atom. The number of nitrogens with zero attached hydrogens (tertiary/aromatic N) is 1. The number of amidine groups is 1.